The number of hydrogen-bond acceptors (Lipinski definition) is 4. The number of aromatic amines is 1. The number of anilines is 1. The molecule has 0 bridgehead atoms. The Morgan fingerprint density at radius 2 is 2.17 bits per heavy atom. The maximum absolute atomic E-state index is 12.7. The van der Waals surface area contributed by atoms with E-state index >= 15 is 0 Å². The van der Waals surface area contributed by atoms with Crippen molar-refractivity contribution < 1.29 is 9.53 Å². The second-order valence-corrected chi connectivity index (χ2v) is 6.05. The first kappa shape index (κ1) is 18.0. The molecule has 1 aromatic heterocycles. The highest BCUT2D eigenvalue weighted by molar-refractivity contribution is 6.35. The number of nitrogens with zero attached hydrogens (tertiary/aromatic N) is 1. The van der Waals surface area contributed by atoms with Crippen LogP contribution in [0, 0.1) is 5.41 Å². The van der Waals surface area contributed by atoms with Gasteiger partial charge in [-0.05, 0) is 38.1 Å². The van der Waals surface area contributed by atoms with Gasteiger partial charge in [-0.15, -0.1) is 12.4 Å². The first-order chi connectivity index (χ1) is 10.6. The summed E-state index contributed by atoms with van der Waals surface area (Å²) in [5, 5.41) is 6.71. The van der Waals surface area contributed by atoms with E-state index in [9.17, 15) is 4.79 Å². The molecule has 126 valence electrons. The molecule has 1 saturated heterocycles. The fourth-order valence-corrected chi connectivity index (χ4v) is 3.13. The number of methoxy groups -OCH3 is 1. The van der Waals surface area contributed by atoms with Crippen LogP contribution >= 0.6 is 24.0 Å². The molecule has 2 heterocycles. The summed E-state index contributed by atoms with van der Waals surface area (Å²) in [6, 6.07) is 5.49. The van der Waals surface area contributed by atoms with Crippen LogP contribution in [0.3, 0.4) is 0 Å². The Labute approximate surface area is 145 Å². The Kier molecular flexibility index (Phi) is 5.86. The van der Waals surface area contributed by atoms with Crippen LogP contribution in [0.1, 0.15) is 12.8 Å². The lowest BCUT2D eigenvalue weighted by Crippen LogP contribution is -2.47. The number of imidazole rings is 1. The van der Waals surface area contributed by atoms with Crippen LogP contribution in [-0.2, 0) is 9.53 Å². The summed E-state index contributed by atoms with van der Waals surface area (Å²) >= 11 is 6.11. The summed E-state index contributed by atoms with van der Waals surface area (Å²) in [6.45, 7) is 2.02. The Balaban J connectivity index is 0.00000192. The van der Waals surface area contributed by atoms with Crippen LogP contribution in [0.15, 0.2) is 18.2 Å². The maximum atomic E-state index is 12.7. The number of para-hydroxylation sites is 1. The molecule has 2 aromatic rings. The molecule has 1 aliphatic heterocycles. The van der Waals surface area contributed by atoms with Crippen molar-refractivity contribution in [2.24, 2.45) is 5.41 Å². The van der Waals surface area contributed by atoms with E-state index in [2.05, 4.69) is 20.6 Å². The van der Waals surface area contributed by atoms with E-state index < -0.39 is 5.41 Å². The van der Waals surface area contributed by atoms with Gasteiger partial charge in [0, 0.05) is 7.11 Å². The van der Waals surface area contributed by atoms with E-state index in [0.717, 1.165) is 31.4 Å². The number of fused-ring (bicyclic) bond motifs is 1. The van der Waals surface area contributed by atoms with E-state index in [1.807, 2.05) is 12.1 Å². The zero-order valence-corrected chi connectivity index (χ0v) is 14.4. The molecule has 1 amide bonds. The number of H-pyrrole nitrogens is 1. The van der Waals surface area contributed by atoms with Gasteiger partial charge in [0.25, 0.3) is 0 Å². The molecule has 0 spiro atoms. The number of aromatic nitrogens is 2. The lowest BCUT2D eigenvalue weighted by Gasteiger charge is -2.35. The highest BCUT2D eigenvalue weighted by atomic mass is 35.5. The first-order valence-electron chi connectivity index (χ1n) is 7.30. The minimum Gasteiger partial charge on any atom is -0.384 e. The van der Waals surface area contributed by atoms with Gasteiger partial charge in [-0.2, -0.15) is 0 Å². The maximum Gasteiger partial charge on any atom is 0.235 e. The van der Waals surface area contributed by atoms with Crippen LogP contribution in [0.2, 0.25) is 5.02 Å². The van der Waals surface area contributed by atoms with Gasteiger partial charge in [-0.25, -0.2) is 4.98 Å². The highest BCUT2D eigenvalue weighted by Gasteiger charge is 2.40. The van der Waals surface area contributed by atoms with Crippen LogP contribution in [0.5, 0.6) is 0 Å². The van der Waals surface area contributed by atoms with Gasteiger partial charge < -0.3 is 15.0 Å². The van der Waals surface area contributed by atoms with Crippen LogP contribution in [0.4, 0.5) is 5.95 Å². The molecule has 23 heavy (non-hydrogen) atoms. The third-order valence-corrected chi connectivity index (χ3v) is 4.46. The predicted molar refractivity (Wildman–Crippen MR) is 93.4 cm³/mol. The van der Waals surface area contributed by atoms with E-state index in [1.165, 1.54) is 0 Å². The normalized spacial score (nSPS) is 16.8. The van der Waals surface area contributed by atoms with Crippen molar-refractivity contribution in [1.82, 2.24) is 15.3 Å². The number of amides is 1. The molecule has 0 unspecified atom stereocenters. The Hall–Kier alpha value is -1.34. The second-order valence-electron chi connectivity index (χ2n) is 5.64. The molecular formula is C15H20Cl2N4O2. The number of piperidine rings is 1. The number of benzene rings is 1. The summed E-state index contributed by atoms with van der Waals surface area (Å²) in [5.74, 6) is 0.355. The predicted octanol–water partition coefficient (Wildman–Crippen LogP) is 2.59. The summed E-state index contributed by atoms with van der Waals surface area (Å²) in [7, 11) is 1.62. The topological polar surface area (TPSA) is 79.0 Å². The number of ether oxygens (including phenoxy) is 1. The third-order valence-electron chi connectivity index (χ3n) is 4.16. The summed E-state index contributed by atoms with van der Waals surface area (Å²) in [5.41, 5.74) is 0.947. The molecule has 1 aromatic carbocycles. The van der Waals surface area contributed by atoms with Gasteiger partial charge in [-0.3, -0.25) is 10.1 Å². The van der Waals surface area contributed by atoms with Gasteiger partial charge in [-0.1, -0.05) is 17.7 Å². The zero-order valence-electron chi connectivity index (χ0n) is 12.8. The Bertz CT molecular complexity index is 678. The number of rotatable bonds is 4. The van der Waals surface area contributed by atoms with Gasteiger partial charge in [0.1, 0.15) is 5.52 Å². The lowest BCUT2D eigenvalue weighted by atomic mass is 9.79. The quantitative estimate of drug-likeness (QED) is 0.784. The van der Waals surface area contributed by atoms with Gasteiger partial charge in [0.2, 0.25) is 11.9 Å². The Morgan fingerprint density at radius 3 is 2.83 bits per heavy atom. The molecule has 3 rings (SSSR count). The SMILES string of the molecule is COCC1(C(=O)Nc2nc3c(Cl)cccc3[nH]2)CCNCC1.Cl. The van der Waals surface area contributed by atoms with Crippen molar-refractivity contribution in [3.63, 3.8) is 0 Å². The van der Waals surface area contributed by atoms with Crippen molar-refractivity contribution in [3.05, 3.63) is 23.2 Å². The molecule has 0 atom stereocenters. The summed E-state index contributed by atoms with van der Waals surface area (Å²) < 4.78 is 5.28. The summed E-state index contributed by atoms with van der Waals surface area (Å²) in [4.78, 5) is 20.2. The molecular weight excluding hydrogens is 339 g/mol. The number of halogens is 2. The molecule has 0 radical (unpaired) electrons. The number of carbonyl (C=O) groups excluding carboxylic acids is 1. The van der Waals surface area contributed by atoms with Gasteiger partial charge >= 0.3 is 0 Å². The fraction of sp³-hybridized carbons (Fsp3) is 0.467. The number of carbonyl (C=O) groups is 1. The average molecular weight is 359 g/mol. The van der Waals surface area contributed by atoms with Gasteiger partial charge in [0.15, 0.2) is 0 Å². The minimum atomic E-state index is -0.511. The van der Waals surface area contributed by atoms with E-state index in [-0.39, 0.29) is 18.3 Å². The third kappa shape index (κ3) is 3.61. The van der Waals surface area contributed by atoms with E-state index in [1.54, 1.807) is 13.2 Å². The highest BCUT2D eigenvalue weighted by Crippen LogP contribution is 2.31. The Morgan fingerprint density at radius 1 is 1.43 bits per heavy atom. The second kappa shape index (κ2) is 7.49. The molecule has 3 N–H and O–H groups in total. The largest absolute Gasteiger partial charge is 0.384 e. The molecule has 0 saturated carbocycles. The van der Waals surface area contributed by atoms with Crippen molar-refractivity contribution in [3.8, 4) is 0 Å². The fourth-order valence-electron chi connectivity index (χ4n) is 2.92. The lowest BCUT2D eigenvalue weighted by molar-refractivity contribution is -0.130. The molecule has 1 aliphatic rings. The average Bonchev–Trinajstić information content (AvgIpc) is 2.92. The molecule has 6 nitrogen and oxygen atoms in total. The van der Waals surface area contributed by atoms with Crippen molar-refractivity contribution in [2.45, 2.75) is 12.8 Å². The number of hydrogen-bond donors (Lipinski definition) is 3. The van der Waals surface area contributed by atoms with Crippen LogP contribution < -0.4 is 10.6 Å². The molecule has 8 heteroatoms. The van der Waals surface area contributed by atoms with Crippen molar-refractivity contribution in [1.29, 1.82) is 0 Å². The van der Waals surface area contributed by atoms with Crippen molar-refractivity contribution in [2.75, 3.05) is 32.1 Å². The van der Waals surface area contributed by atoms with E-state index in [4.69, 9.17) is 16.3 Å². The van der Waals surface area contributed by atoms with Crippen LogP contribution in [-0.4, -0.2) is 42.7 Å². The molecule has 1 fully saturated rings. The van der Waals surface area contributed by atoms with Crippen molar-refractivity contribution >= 4 is 46.9 Å². The smallest absolute Gasteiger partial charge is 0.235 e. The van der Waals surface area contributed by atoms with Gasteiger partial charge in [0.05, 0.1) is 22.6 Å². The first-order valence-corrected chi connectivity index (χ1v) is 7.68. The van der Waals surface area contributed by atoms with Crippen LogP contribution in [0.25, 0.3) is 11.0 Å². The molecule has 0 aliphatic carbocycles. The minimum absolute atomic E-state index is 0. The standard InChI is InChI=1S/C15H19ClN4O2.ClH/c1-22-9-15(5-7-17-8-6-15)13(21)20-14-18-11-4-2-3-10(16)12(11)19-14;/h2-4,17H,5-9H2,1H3,(H2,18,19,20,21);1H. The number of nitrogens with one attached hydrogen (secondary N) is 3. The summed E-state index contributed by atoms with van der Waals surface area (Å²) in [6.07, 6.45) is 1.49. The monoisotopic (exact) mass is 358 g/mol. The zero-order chi connectivity index (χ0) is 15.6. The van der Waals surface area contributed by atoms with E-state index in [0.29, 0.717) is 23.1 Å².